The lowest BCUT2D eigenvalue weighted by molar-refractivity contribution is 0.0953. The molecule has 1 aromatic heterocycles. The van der Waals surface area contributed by atoms with Gasteiger partial charge in [-0.1, -0.05) is 6.08 Å². The van der Waals surface area contributed by atoms with E-state index in [0.717, 1.165) is 0 Å². The number of guanidine groups is 1. The molecule has 1 amide bonds. The number of aliphatic hydroxyl groups is 1. The smallest absolute Gasteiger partial charge is 0.268 e. The van der Waals surface area contributed by atoms with Crippen molar-refractivity contribution in [3.63, 3.8) is 0 Å². The van der Waals surface area contributed by atoms with E-state index in [2.05, 4.69) is 57.5 Å². The largest absolute Gasteiger partial charge is 0.370 e. The summed E-state index contributed by atoms with van der Waals surface area (Å²) in [6.45, 7) is -0.226. The Morgan fingerprint density at radius 1 is 1.48 bits per heavy atom. The van der Waals surface area contributed by atoms with Crippen LogP contribution in [0.1, 0.15) is 10.5 Å². The molecule has 1 aliphatic heterocycles. The minimum absolute atomic E-state index is 0.0725. The van der Waals surface area contributed by atoms with E-state index in [1.54, 1.807) is 6.07 Å². The van der Waals surface area contributed by atoms with Crippen LogP contribution in [0.4, 0.5) is 0 Å². The number of nitrogens with one attached hydrogen (secondary N) is 3. The van der Waals surface area contributed by atoms with Gasteiger partial charge in [0.1, 0.15) is 5.69 Å². The summed E-state index contributed by atoms with van der Waals surface area (Å²) < 4.78 is 31.5. The second kappa shape index (κ2) is 8.52. The average molecular weight is 528 g/mol. The van der Waals surface area contributed by atoms with Crippen molar-refractivity contribution in [2.45, 2.75) is 5.72 Å². The number of hydrogen-bond acceptors (Lipinski definition) is 7. The van der Waals surface area contributed by atoms with Crippen molar-refractivity contribution in [3.8, 4) is 0 Å². The van der Waals surface area contributed by atoms with Crippen LogP contribution in [0.5, 0.6) is 0 Å². The normalized spacial score (nSPS) is 21.5. The number of amides is 1. The Hall–Kier alpha value is -1.74. The van der Waals surface area contributed by atoms with E-state index in [9.17, 15) is 18.3 Å². The number of aliphatic imine (C=N–C) groups is 2. The third-order valence-corrected chi connectivity index (χ3v) is 5.69. The van der Waals surface area contributed by atoms with Crippen molar-refractivity contribution in [3.05, 3.63) is 33.0 Å². The Kier molecular flexibility index (Phi) is 6.80. The Morgan fingerprint density at radius 3 is 2.78 bits per heavy atom. The van der Waals surface area contributed by atoms with Crippen LogP contribution in [0.3, 0.4) is 0 Å². The number of halogens is 2. The number of H-pyrrole nitrogens is 1. The van der Waals surface area contributed by atoms with Crippen LogP contribution in [0.25, 0.3) is 0 Å². The second-order valence-corrected chi connectivity index (χ2v) is 8.54. The molecule has 0 bridgehead atoms. The van der Waals surface area contributed by atoms with Crippen LogP contribution in [0.15, 0.2) is 37.3 Å². The third kappa shape index (κ3) is 6.14. The van der Waals surface area contributed by atoms with E-state index in [1.165, 1.54) is 12.2 Å². The Bertz CT molecular complexity index is 906. The molecule has 0 saturated carbocycles. The predicted octanol–water partition coefficient (Wildman–Crippen LogP) is -0.282. The zero-order valence-corrected chi connectivity index (χ0v) is 17.6. The zero-order chi connectivity index (χ0) is 20.2. The number of hydrogen-bond donors (Lipinski definition) is 6. The highest BCUT2D eigenvalue weighted by Crippen LogP contribution is 2.23. The average Bonchev–Trinajstić information content (AvgIpc) is 3.02. The zero-order valence-electron chi connectivity index (χ0n) is 13.6. The first-order valence-corrected chi connectivity index (χ1v) is 10.5. The molecule has 2 rings (SSSR count). The molecule has 0 aliphatic carbocycles. The molecule has 1 aromatic rings. The molecule has 0 aromatic carbocycles. The van der Waals surface area contributed by atoms with Crippen molar-refractivity contribution in [2.24, 2.45) is 15.7 Å². The lowest BCUT2D eigenvalue weighted by Crippen LogP contribution is -2.40. The van der Waals surface area contributed by atoms with E-state index in [1.807, 2.05) is 0 Å². The van der Waals surface area contributed by atoms with Gasteiger partial charge in [-0.2, -0.15) is 8.42 Å². The highest BCUT2D eigenvalue weighted by molar-refractivity contribution is 9.13. The predicted molar refractivity (Wildman–Crippen MR) is 106 cm³/mol. The highest BCUT2D eigenvalue weighted by Gasteiger charge is 2.36. The molecular weight excluding hydrogens is 512 g/mol. The van der Waals surface area contributed by atoms with Gasteiger partial charge in [-0.15, -0.1) is 0 Å². The SMILES string of the molecule is NC1=N[C@](O)(/C=C/CNC(=O)c2cc(Br)c(Br)[nH]2)C(=NCCS(=O)(=O)O)N1. The number of amidine groups is 1. The van der Waals surface area contributed by atoms with Gasteiger partial charge in [0.05, 0.1) is 21.4 Å². The van der Waals surface area contributed by atoms with Crippen molar-refractivity contribution in [1.29, 1.82) is 0 Å². The minimum atomic E-state index is -4.19. The number of nitrogens with zero attached hydrogens (tertiary/aromatic N) is 2. The van der Waals surface area contributed by atoms with Gasteiger partial charge in [0.2, 0.25) is 5.72 Å². The number of rotatable bonds is 7. The van der Waals surface area contributed by atoms with Gasteiger partial charge in [-0.25, -0.2) is 4.99 Å². The fourth-order valence-corrected chi connectivity index (χ4v) is 3.00. The Morgan fingerprint density at radius 2 is 2.19 bits per heavy atom. The van der Waals surface area contributed by atoms with Gasteiger partial charge < -0.3 is 26.5 Å². The Balaban J connectivity index is 1.98. The first-order valence-electron chi connectivity index (χ1n) is 7.35. The quantitative estimate of drug-likeness (QED) is 0.208. The lowest BCUT2D eigenvalue weighted by Gasteiger charge is -2.15. The van der Waals surface area contributed by atoms with Crippen LogP contribution in [0.2, 0.25) is 0 Å². The number of aromatic nitrogens is 1. The molecule has 0 unspecified atom stereocenters. The van der Waals surface area contributed by atoms with Crippen molar-refractivity contribution < 1.29 is 22.9 Å². The van der Waals surface area contributed by atoms with Gasteiger partial charge in [-0.05, 0) is 44.0 Å². The number of aromatic amines is 1. The first kappa shape index (κ1) is 21.6. The van der Waals surface area contributed by atoms with E-state index < -0.39 is 21.6 Å². The topological polar surface area (TPSA) is 182 Å². The summed E-state index contributed by atoms with van der Waals surface area (Å²) in [5.74, 6) is -1.19. The van der Waals surface area contributed by atoms with Crippen molar-refractivity contribution >= 4 is 59.7 Å². The first-order chi connectivity index (χ1) is 12.5. The van der Waals surface area contributed by atoms with E-state index in [0.29, 0.717) is 14.8 Å². The van der Waals surface area contributed by atoms with Crippen LogP contribution < -0.4 is 16.4 Å². The summed E-state index contributed by atoms with van der Waals surface area (Å²) >= 11 is 6.49. The van der Waals surface area contributed by atoms with Gasteiger partial charge in [0.15, 0.2) is 11.8 Å². The molecule has 0 saturated heterocycles. The molecule has 0 spiro atoms. The molecule has 27 heavy (non-hydrogen) atoms. The molecule has 0 fully saturated rings. The maximum absolute atomic E-state index is 12.0. The number of nitrogens with two attached hydrogens (primary N) is 1. The van der Waals surface area contributed by atoms with Gasteiger partial charge >= 0.3 is 0 Å². The van der Waals surface area contributed by atoms with E-state index >= 15 is 0 Å². The van der Waals surface area contributed by atoms with Gasteiger partial charge in [0.25, 0.3) is 16.0 Å². The number of carbonyl (C=O) groups excluding carboxylic acids is 1. The minimum Gasteiger partial charge on any atom is -0.370 e. The van der Waals surface area contributed by atoms with Crippen LogP contribution in [0, 0.1) is 0 Å². The molecule has 14 heteroatoms. The highest BCUT2D eigenvalue weighted by atomic mass is 79.9. The third-order valence-electron chi connectivity index (χ3n) is 3.21. The van der Waals surface area contributed by atoms with Crippen LogP contribution in [-0.2, 0) is 10.1 Å². The maximum Gasteiger partial charge on any atom is 0.268 e. The maximum atomic E-state index is 12.0. The number of carbonyl (C=O) groups is 1. The monoisotopic (exact) mass is 526 g/mol. The molecule has 1 atom stereocenters. The Labute approximate surface area is 171 Å². The summed E-state index contributed by atoms with van der Waals surface area (Å²) in [6.07, 6.45) is 2.68. The second-order valence-electron chi connectivity index (χ2n) is 5.32. The van der Waals surface area contributed by atoms with Gasteiger partial charge in [-0.3, -0.25) is 14.3 Å². The van der Waals surface area contributed by atoms with Crippen molar-refractivity contribution in [1.82, 2.24) is 15.6 Å². The summed E-state index contributed by atoms with van der Waals surface area (Å²) in [5.41, 5.74) is 3.92. The van der Waals surface area contributed by atoms with Crippen molar-refractivity contribution in [2.75, 3.05) is 18.8 Å². The fraction of sp³-hybridized carbons (Fsp3) is 0.308. The van der Waals surface area contributed by atoms with E-state index in [4.69, 9.17) is 10.3 Å². The molecule has 7 N–H and O–H groups in total. The molecule has 148 valence electrons. The standard InChI is InChI=1S/C13H16Br2N6O5S/c14-7-6-8(19-9(7)15)10(22)17-3-1-2-13(23)11(20-12(16)21-13)18-4-5-27(24,25)26/h1-2,6,19,23H,3-5H2,(H,17,22)(H,24,25,26)(H3,16,18,20,21)/b2-1+/t13-/m0/s1. The summed E-state index contributed by atoms with van der Waals surface area (Å²) in [5, 5.41) is 15.6. The molecular formula is C13H16Br2N6O5S. The van der Waals surface area contributed by atoms with Crippen LogP contribution in [-0.4, -0.2) is 65.3 Å². The summed E-state index contributed by atoms with van der Waals surface area (Å²) in [4.78, 5) is 22.5. The van der Waals surface area contributed by atoms with E-state index in [-0.39, 0.29) is 30.8 Å². The summed E-state index contributed by atoms with van der Waals surface area (Å²) in [6, 6.07) is 1.60. The molecule has 1 aliphatic rings. The van der Waals surface area contributed by atoms with Crippen LogP contribution >= 0.6 is 31.9 Å². The molecule has 2 heterocycles. The molecule has 11 nitrogen and oxygen atoms in total. The van der Waals surface area contributed by atoms with Gasteiger partial charge in [0, 0.05) is 6.54 Å². The lowest BCUT2D eigenvalue weighted by atomic mass is 10.2. The molecule has 0 radical (unpaired) electrons. The summed E-state index contributed by atoms with van der Waals surface area (Å²) in [7, 11) is -4.19. The fourth-order valence-electron chi connectivity index (χ4n) is 2.02.